The van der Waals surface area contributed by atoms with Gasteiger partial charge in [-0.25, -0.2) is 0 Å². The zero-order valence-corrected chi connectivity index (χ0v) is 15.5. The monoisotopic (exact) mass is 264 g/mol. The molecule has 14 heavy (non-hydrogen) atoms. The van der Waals surface area contributed by atoms with Gasteiger partial charge in [0, 0.05) is 0 Å². The standard InChI is InChI=1S/C6H24N4Si4/c1-7-11-8(2)14(6)10(4)12-9(3)13(7)5/h13-14H,11-12H2,1-6H3. The Kier molecular flexibility index (Phi) is 4.71. The third kappa shape index (κ3) is 2.85. The summed E-state index contributed by atoms with van der Waals surface area (Å²) in [6, 6.07) is 0. The molecule has 1 fully saturated rings. The maximum Gasteiger partial charge on any atom is 0.174 e. The molecule has 1 saturated heterocycles. The summed E-state index contributed by atoms with van der Waals surface area (Å²) in [5, 5.41) is 0. The molecule has 1 aliphatic heterocycles. The molecule has 1 aliphatic rings. The first-order valence-electron chi connectivity index (χ1n) is 5.24. The van der Waals surface area contributed by atoms with Crippen LogP contribution in [0.25, 0.3) is 0 Å². The van der Waals surface area contributed by atoms with Crippen LogP contribution in [-0.2, 0) is 0 Å². The van der Waals surface area contributed by atoms with Crippen molar-refractivity contribution in [2.75, 3.05) is 28.2 Å². The number of rotatable bonds is 0. The van der Waals surface area contributed by atoms with Crippen molar-refractivity contribution in [2.45, 2.75) is 13.1 Å². The van der Waals surface area contributed by atoms with Gasteiger partial charge in [-0.2, -0.15) is 0 Å². The Morgan fingerprint density at radius 1 is 0.643 bits per heavy atom. The van der Waals surface area contributed by atoms with Crippen molar-refractivity contribution in [2.24, 2.45) is 0 Å². The average molecular weight is 265 g/mol. The molecule has 4 nitrogen and oxygen atoms in total. The summed E-state index contributed by atoms with van der Waals surface area (Å²) in [6.07, 6.45) is 0. The van der Waals surface area contributed by atoms with Gasteiger partial charge in [-0.3, -0.25) is 0 Å². The second-order valence-corrected chi connectivity index (χ2v) is 18.1. The number of hydrogen-bond acceptors (Lipinski definition) is 4. The zero-order chi connectivity index (χ0) is 10.9. The summed E-state index contributed by atoms with van der Waals surface area (Å²) in [5.74, 6) is 0. The highest BCUT2D eigenvalue weighted by Crippen LogP contribution is 2.04. The predicted octanol–water partition coefficient (Wildman–Crippen LogP) is -2.57. The molecule has 0 spiro atoms. The topological polar surface area (TPSA) is 13.0 Å². The van der Waals surface area contributed by atoms with Crippen LogP contribution in [0.15, 0.2) is 0 Å². The molecule has 0 aromatic carbocycles. The lowest BCUT2D eigenvalue weighted by atomic mass is 11.6. The van der Waals surface area contributed by atoms with E-state index in [0.29, 0.717) is 0 Å². The molecule has 0 bridgehead atoms. The molecule has 84 valence electrons. The van der Waals surface area contributed by atoms with Gasteiger partial charge in [0.1, 0.15) is 0 Å². The van der Waals surface area contributed by atoms with Crippen LogP contribution in [0, 0.1) is 0 Å². The maximum absolute atomic E-state index is 2.71. The van der Waals surface area contributed by atoms with Gasteiger partial charge in [-0.15, -0.1) is 0 Å². The Morgan fingerprint density at radius 2 is 0.857 bits per heavy atom. The van der Waals surface area contributed by atoms with E-state index in [1.807, 2.05) is 0 Å². The van der Waals surface area contributed by atoms with Gasteiger partial charge in [0.2, 0.25) is 0 Å². The molecule has 0 N–H and O–H groups in total. The molecule has 0 aromatic heterocycles. The Balaban J connectivity index is 2.71. The molecule has 1 rings (SSSR count). The third-order valence-electron chi connectivity index (χ3n) is 3.44. The van der Waals surface area contributed by atoms with Gasteiger partial charge in [0.25, 0.3) is 0 Å². The smallest absolute Gasteiger partial charge is 0.174 e. The van der Waals surface area contributed by atoms with Crippen LogP contribution in [0.3, 0.4) is 0 Å². The van der Waals surface area contributed by atoms with Crippen LogP contribution in [0.2, 0.25) is 13.1 Å². The Labute approximate surface area is 96.3 Å². The van der Waals surface area contributed by atoms with Crippen molar-refractivity contribution in [3.8, 4) is 0 Å². The summed E-state index contributed by atoms with van der Waals surface area (Å²) in [4.78, 5) is 0. The molecule has 0 radical (unpaired) electrons. The molecular formula is C6H24N4Si4. The molecule has 0 atom stereocenters. The van der Waals surface area contributed by atoms with Crippen LogP contribution in [-0.4, -0.2) is 83.0 Å². The number of hydrogen-bond donors (Lipinski definition) is 0. The largest absolute Gasteiger partial charge is 0.332 e. The second-order valence-electron chi connectivity index (χ2n) is 4.57. The van der Waals surface area contributed by atoms with Gasteiger partial charge >= 0.3 is 0 Å². The Bertz CT molecular complexity index is 159. The number of nitrogens with zero attached hydrogens (tertiary/aromatic N) is 4. The van der Waals surface area contributed by atoms with E-state index in [1.165, 1.54) is 0 Å². The van der Waals surface area contributed by atoms with Crippen molar-refractivity contribution < 1.29 is 0 Å². The SMILES string of the molecule is CN1[SiH2]N(C)[SiH](C)N(C)[SiH2]N(C)[SiH]1C. The second kappa shape index (κ2) is 5.16. The first-order valence-corrected chi connectivity index (χ1v) is 12.1. The zero-order valence-electron chi connectivity index (χ0n) is 10.4. The van der Waals surface area contributed by atoms with Crippen LogP contribution in [0.1, 0.15) is 0 Å². The minimum Gasteiger partial charge on any atom is -0.332 e. The van der Waals surface area contributed by atoms with Gasteiger partial charge < -0.3 is 16.9 Å². The van der Waals surface area contributed by atoms with E-state index in [4.69, 9.17) is 0 Å². The van der Waals surface area contributed by atoms with Crippen LogP contribution < -0.4 is 0 Å². The first-order chi connectivity index (χ1) is 6.43. The molecular weight excluding hydrogens is 240 g/mol. The summed E-state index contributed by atoms with van der Waals surface area (Å²) in [6.45, 7) is 4.94. The fraction of sp³-hybridized carbons (Fsp3) is 1.00. The van der Waals surface area contributed by atoms with E-state index in [2.05, 4.69) is 58.2 Å². The maximum atomic E-state index is 2.71. The molecule has 8 heteroatoms. The lowest BCUT2D eigenvalue weighted by Crippen LogP contribution is -2.65. The summed E-state index contributed by atoms with van der Waals surface area (Å²) in [5.41, 5.74) is 0. The summed E-state index contributed by atoms with van der Waals surface area (Å²) >= 11 is 0. The van der Waals surface area contributed by atoms with Crippen molar-refractivity contribution in [3.05, 3.63) is 0 Å². The van der Waals surface area contributed by atoms with Gasteiger partial charge in [0.15, 0.2) is 37.9 Å². The molecule has 0 saturated carbocycles. The highest BCUT2D eigenvalue weighted by molar-refractivity contribution is 6.76. The van der Waals surface area contributed by atoms with Crippen molar-refractivity contribution in [1.29, 1.82) is 0 Å². The van der Waals surface area contributed by atoms with Crippen LogP contribution >= 0.6 is 0 Å². The van der Waals surface area contributed by atoms with Crippen LogP contribution in [0.5, 0.6) is 0 Å². The van der Waals surface area contributed by atoms with Crippen molar-refractivity contribution in [3.63, 3.8) is 0 Å². The van der Waals surface area contributed by atoms with E-state index in [1.54, 1.807) is 0 Å². The third-order valence-corrected chi connectivity index (χ3v) is 18.6. The van der Waals surface area contributed by atoms with Gasteiger partial charge in [-0.1, -0.05) is 0 Å². The van der Waals surface area contributed by atoms with E-state index < -0.39 is 18.2 Å². The lowest BCUT2D eigenvalue weighted by molar-refractivity contribution is 0.572. The Morgan fingerprint density at radius 3 is 1.07 bits per heavy atom. The van der Waals surface area contributed by atoms with E-state index >= 15 is 0 Å². The molecule has 0 amide bonds. The van der Waals surface area contributed by atoms with Crippen LogP contribution in [0.4, 0.5) is 0 Å². The van der Waals surface area contributed by atoms with Crippen molar-refractivity contribution >= 4 is 37.9 Å². The summed E-state index contributed by atoms with van der Waals surface area (Å²) < 4.78 is 10.8. The Hall–Kier alpha value is 0.708. The normalized spacial score (nSPS) is 39.0. The molecule has 0 aliphatic carbocycles. The van der Waals surface area contributed by atoms with E-state index in [9.17, 15) is 0 Å². The average Bonchev–Trinajstić information content (AvgIpc) is 2.13. The minimum atomic E-state index is -0.732. The highest BCUT2D eigenvalue weighted by atomic mass is 28.4. The fourth-order valence-corrected chi connectivity index (χ4v) is 17.3. The predicted molar refractivity (Wildman–Crippen MR) is 74.2 cm³/mol. The minimum absolute atomic E-state index is 0.129. The van der Waals surface area contributed by atoms with Gasteiger partial charge in [-0.05, 0) is 41.3 Å². The lowest BCUT2D eigenvalue weighted by Gasteiger charge is -2.43. The summed E-state index contributed by atoms with van der Waals surface area (Å²) in [7, 11) is 7.65. The molecule has 0 aromatic rings. The van der Waals surface area contributed by atoms with E-state index in [0.717, 1.165) is 0 Å². The molecule has 0 unspecified atom stereocenters. The van der Waals surface area contributed by atoms with E-state index in [-0.39, 0.29) is 19.7 Å². The molecule has 1 heterocycles. The quantitative estimate of drug-likeness (QED) is 0.446. The highest BCUT2D eigenvalue weighted by Gasteiger charge is 2.27. The first kappa shape index (κ1) is 12.8. The van der Waals surface area contributed by atoms with Crippen molar-refractivity contribution in [1.82, 2.24) is 16.9 Å². The van der Waals surface area contributed by atoms with Gasteiger partial charge in [0.05, 0.1) is 0 Å². The fourth-order valence-electron chi connectivity index (χ4n) is 1.85.